The molecule has 126 valence electrons. The van der Waals surface area contributed by atoms with Gasteiger partial charge in [0.2, 0.25) is 0 Å². The van der Waals surface area contributed by atoms with E-state index in [9.17, 15) is 4.79 Å². The van der Waals surface area contributed by atoms with Crippen LogP contribution in [0.2, 0.25) is 0 Å². The Morgan fingerprint density at radius 3 is 2.88 bits per heavy atom. The highest BCUT2D eigenvalue weighted by Gasteiger charge is 2.26. The molecule has 0 unspecified atom stereocenters. The van der Waals surface area contributed by atoms with Gasteiger partial charge in [-0.25, -0.2) is 4.79 Å². The number of carbonyl (C=O) groups excluding carboxylic acids is 1. The molecule has 3 rings (SSSR count). The summed E-state index contributed by atoms with van der Waals surface area (Å²) in [4.78, 5) is 15.4. The number of anilines is 2. The van der Waals surface area contributed by atoms with Crippen LogP contribution >= 0.6 is 23.6 Å². The van der Waals surface area contributed by atoms with E-state index in [4.69, 9.17) is 17.0 Å². The molecular weight excluding hydrogens is 340 g/mol. The first kappa shape index (κ1) is 16.9. The van der Waals surface area contributed by atoms with Crippen LogP contribution in [0.1, 0.15) is 33.3 Å². The first-order chi connectivity index (χ1) is 11.6. The number of nitrogens with one attached hydrogen (secondary N) is 1. The van der Waals surface area contributed by atoms with E-state index in [1.54, 1.807) is 11.3 Å². The summed E-state index contributed by atoms with van der Waals surface area (Å²) in [6.45, 7) is 4.92. The van der Waals surface area contributed by atoms with Crippen LogP contribution in [-0.2, 0) is 17.6 Å². The maximum Gasteiger partial charge on any atom is 0.341 e. The van der Waals surface area contributed by atoms with E-state index in [1.807, 2.05) is 26.0 Å². The summed E-state index contributed by atoms with van der Waals surface area (Å²) in [5, 5.41) is 4.67. The van der Waals surface area contributed by atoms with Gasteiger partial charge in [-0.3, -0.25) is 0 Å². The molecule has 0 atom stereocenters. The molecule has 1 aromatic heterocycles. The maximum atomic E-state index is 12.2. The molecular formula is C18H20N2O2S2. The third-order valence-corrected chi connectivity index (χ3v) is 5.69. The van der Waals surface area contributed by atoms with Crippen molar-refractivity contribution in [2.24, 2.45) is 0 Å². The SMILES string of the molecule is CCc1c(C)sc(NC(=S)N2CCc3ccccc32)c1C(=O)OC. The highest BCUT2D eigenvalue weighted by Crippen LogP contribution is 2.35. The number of hydrogen-bond donors (Lipinski definition) is 1. The van der Waals surface area contributed by atoms with Crippen molar-refractivity contribution in [2.45, 2.75) is 26.7 Å². The maximum absolute atomic E-state index is 12.2. The lowest BCUT2D eigenvalue weighted by atomic mass is 10.1. The number of rotatable bonds is 3. The predicted molar refractivity (Wildman–Crippen MR) is 103 cm³/mol. The number of para-hydroxylation sites is 1. The fourth-order valence-corrected chi connectivity index (χ4v) is 4.61. The number of fused-ring (bicyclic) bond motifs is 1. The molecule has 2 heterocycles. The second-order valence-corrected chi connectivity index (χ2v) is 7.26. The van der Waals surface area contributed by atoms with E-state index in [2.05, 4.69) is 22.3 Å². The predicted octanol–water partition coefficient (Wildman–Crippen LogP) is 4.17. The Bertz CT molecular complexity index is 798. The standard InChI is InChI=1S/C18H20N2O2S2/c1-4-13-11(2)24-16(15(13)17(21)22-3)19-18(23)20-10-9-12-7-5-6-8-14(12)20/h5-8H,4,9-10H2,1-3H3,(H,19,23). The van der Waals surface area contributed by atoms with E-state index in [1.165, 1.54) is 12.7 Å². The summed E-state index contributed by atoms with van der Waals surface area (Å²) in [5.74, 6) is -0.316. The number of nitrogens with zero attached hydrogens (tertiary/aromatic N) is 1. The number of ether oxygens (including phenoxy) is 1. The third kappa shape index (κ3) is 2.91. The molecule has 1 aliphatic heterocycles. The highest BCUT2D eigenvalue weighted by atomic mass is 32.1. The number of aryl methyl sites for hydroxylation is 1. The number of thiophene rings is 1. The minimum atomic E-state index is -0.316. The number of methoxy groups -OCH3 is 1. The van der Waals surface area contributed by atoms with Crippen molar-refractivity contribution in [3.05, 3.63) is 45.8 Å². The molecule has 0 saturated carbocycles. The Balaban J connectivity index is 1.89. The summed E-state index contributed by atoms with van der Waals surface area (Å²) >= 11 is 7.16. The third-order valence-electron chi connectivity index (χ3n) is 4.30. The summed E-state index contributed by atoms with van der Waals surface area (Å²) in [6, 6.07) is 8.27. The van der Waals surface area contributed by atoms with Gasteiger partial charge in [-0.1, -0.05) is 25.1 Å². The smallest absolute Gasteiger partial charge is 0.341 e. The molecule has 0 amide bonds. The molecule has 1 aromatic carbocycles. The Morgan fingerprint density at radius 2 is 2.17 bits per heavy atom. The normalized spacial score (nSPS) is 12.9. The monoisotopic (exact) mass is 360 g/mol. The van der Waals surface area contributed by atoms with Gasteiger partial charge in [0.25, 0.3) is 0 Å². The Kier molecular flexibility index (Phi) is 4.87. The molecule has 0 fully saturated rings. The molecule has 1 aliphatic rings. The van der Waals surface area contributed by atoms with Gasteiger partial charge in [0.1, 0.15) is 5.00 Å². The van der Waals surface area contributed by atoms with Gasteiger partial charge in [0.15, 0.2) is 5.11 Å². The number of hydrogen-bond acceptors (Lipinski definition) is 4. The quantitative estimate of drug-likeness (QED) is 0.657. The minimum Gasteiger partial charge on any atom is -0.465 e. The fourth-order valence-electron chi connectivity index (χ4n) is 3.12. The van der Waals surface area contributed by atoms with E-state index in [-0.39, 0.29) is 5.97 Å². The summed E-state index contributed by atoms with van der Waals surface area (Å²) in [7, 11) is 1.41. The molecule has 4 nitrogen and oxygen atoms in total. The molecule has 0 bridgehead atoms. The van der Waals surface area contributed by atoms with Crippen LogP contribution in [0, 0.1) is 6.92 Å². The van der Waals surface area contributed by atoms with Gasteiger partial charge in [-0.05, 0) is 49.2 Å². The number of benzene rings is 1. The van der Waals surface area contributed by atoms with Gasteiger partial charge < -0.3 is 15.0 Å². The van der Waals surface area contributed by atoms with Crippen LogP contribution in [0.4, 0.5) is 10.7 Å². The van der Waals surface area contributed by atoms with Gasteiger partial charge in [-0.15, -0.1) is 11.3 Å². The fraction of sp³-hybridized carbons (Fsp3) is 0.333. The van der Waals surface area contributed by atoms with Crippen molar-refractivity contribution < 1.29 is 9.53 Å². The zero-order valence-electron chi connectivity index (χ0n) is 14.0. The zero-order chi connectivity index (χ0) is 17.3. The van der Waals surface area contributed by atoms with E-state index in [0.29, 0.717) is 10.7 Å². The zero-order valence-corrected chi connectivity index (χ0v) is 15.6. The second kappa shape index (κ2) is 6.91. The van der Waals surface area contributed by atoms with Crippen LogP contribution < -0.4 is 10.2 Å². The lowest BCUT2D eigenvalue weighted by Gasteiger charge is -2.21. The van der Waals surface area contributed by atoms with E-state index >= 15 is 0 Å². The summed E-state index contributed by atoms with van der Waals surface area (Å²) < 4.78 is 4.97. The van der Waals surface area contributed by atoms with E-state index < -0.39 is 0 Å². The molecule has 1 N–H and O–H groups in total. The van der Waals surface area contributed by atoms with Crippen LogP contribution in [0.25, 0.3) is 0 Å². The Labute approximate surface area is 151 Å². The average molecular weight is 361 g/mol. The Morgan fingerprint density at radius 1 is 1.42 bits per heavy atom. The first-order valence-corrected chi connectivity index (χ1v) is 9.16. The van der Waals surface area contributed by atoms with Crippen LogP contribution in [-0.4, -0.2) is 24.7 Å². The summed E-state index contributed by atoms with van der Waals surface area (Å²) in [6.07, 6.45) is 1.76. The lowest BCUT2D eigenvalue weighted by Crippen LogP contribution is -2.33. The van der Waals surface area contributed by atoms with Crippen LogP contribution in [0.5, 0.6) is 0 Å². The molecule has 0 saturated heterocycles. The molecule has 2 aromatic rings. The lowest BCUT2D eigenvalue weighted by molar-refractivity contribution is 0.0601. The Hall–Kier alpha value is -1.92. The molecule has 6 heteroatoms. The van der Waals surface area contributed by atoms with Crippen molar-refractivity contribution in [1.29, 1.82) is 0 Å². The topological polar surface area (TPSA) is 41.6 Å². The van der Waals surface area contributed by atoms with E-state index in [0.717, 1.165) is 40.5 Å². The first-order valence-electron chi connectivity index (χ1n) is 7.93. The highest BCUT2D eigenvalue weighted by molar-refractivity contribution is 7.80. The molecule has 0 radical (unpaired) electrons. The largest absolute Gasteiger partial charge is 0.465 e. The van der Waals surface area contributed by atoms with Gasteiger partial charge in [0.05, 0.1) is 12.7 Å². The number of carbonyl (C=O) groups is 1. The van der Waals surface area contributed by atoms with Gasteiger partial charge >= 0.3 is 5.97 Å². The van der Waals surface area contributed by atoms with Crippen molar-refractivity contribution in [3.8, 4) is 0 Å². The van der Waals surface area contributed by atoms with Crippen LogP contribution in [0.3, 0.4) is 0 Å². The van der Waals surface area contributed by atoms with Gasteiger partial charge in [-0.2, -0.15) is 0 Å². The average Bonchev–Trinajstić information content (AvgIpc) is 3.14. The molecule has 0 spiro atoms. The molecule has 24 heavy (non-hydrogen) atoms. The van der Waals surface area contributed by atoms with Crippen molar-refractivity contribution in [3.63, 3.8) is 0 Å². The minimum absolute atomic E-state index is 0.316. The van der Waals surface area contributed by atoms with Crippen molar-refractivity contribution >= 4 is 45.3 Å². The van der Waals surface area contributed by atoms with Crippen molar-refractivity contribution in [2.75, 3.05) is 23.9 Å². The van der Waals surface area contributed by atoms with Crippen LogP contribution in [0.15, 0.2) is 24.3 Å². The molecule has 0 aliphatic carbocycles. The second-order valence-electron chi connectivity index (χ2n) is 5.65. The summed E-state index contributed by atoms with van der Waals surface area (Å²) in [5.41, 5.74) is 4.07. The number of thiocarbonyl (C=S) groups is 1. The number of esters is 1. The van der Waals surface area contributed by atoms with Gasteiger partial charge in [0, 0.05) is 17.1 Å². The van der Waals surface area contributed by atoms with Crippen molar-refractivity contribution in [1.82, 2.24) is 0 Å².